The van der Waals surface area contributed by atoms with E-state index < -0.39 is 11.7 Å². The molecule has 2 aromatic carbocycles. The van der Waals surface area contributed by atoms with Crippen molar-refractivity contribution in [1.29, 1.82) is 0 Å². The molecule has 7 nitrogen and oxygen atoms in total. The number of ether oxygens (including phenoxy) is 1. The lowest BCUT2D eigenvalue weighted by Crippen LogP contribution is -2.22. The summed E-state index contributed by atoms with van der Waals surface area (Å²) in [4.78, 5) is 39.0. The van der Waals surface area contributed by atoms with E-state index in [9.17, 15) is 14.4 Å². The second-order valence-corrected chi connectivity index (χ2v) is 5.66. The van der Waals surface area contributed by atoms with Crippen LogP contribution in [0.2, 0.25) is 0 Å². The fraction of sp³-hybridized carbons (Fsp3) is 0.105. The number of ketones is 1. The first-order chi connectivity index (χ1) is 12.5. The average Bonchev–Trinajstić information content (AvgIpc) is 3.03. The minimum atomic E-state index is -0.770. The van der Waals surface area contributed by atoms with Gasteiger partial charge in [-0.25, -0.2) is 0 Å². The van der Waals surface area contributed by atoms with E-state index in [1.807, 2.05) is 0 Å². The van der Waals surface area contributed by atoms with Gasteiger partial charge in [0.25, 0.3) is 11.7 Å². The van der Waals surface area contributed by atoms with E-state index in [-0.39, 0.29) is 11.5 Å². The van der Waals surface area contributed by atoms with E-state index in [0.717, 1.165) is 5.52 Å². The van der Waals surface area contributed by atoms with E-state index in [2.05, 4.69) is 15.6 Å². The highest BCUT2D eigenvalue weighted by Gasteiger charge is 2.20. The van der Waals surface area contributed by atoms with Gasteiger partial charge in [0.2, 0.25) is 5.91 Å². The van der Waals surface area contributed by atoms with E-state index >= 15 is 0 Å². The standard InChI is InChI=1S/C19H17N3O4/c1-11(23)21-12-4-3-5-13(8-12)22-19(25)18(24)16-10-20-17-7-6-14(26-2)9-15(16)17/h3-10,20H,1-2H3,(H,21,23)(H,22,25). The second kappa shape index (κ2) is 7.10. The van der Waals surface area contributed by atoms with Crippen molar-refractivity contribution in [1.82, 2.24) is 4.98 Å². The highest BCUT2D eigenvalue weighted by molar-refractivity contribution is 6.48. The van der Waals surface area contributed by atoms with Crippen LogP contribution in [0.1, 0.15) is 17.3 Å². The molecule has 1 heterocycles. The zero-order valence-corrected chi connectivity index (χ0v) is 14.3. The van der Waals surface area contributed by atoms with Crippen LogP contribution in [-0.2, 0) is 9.59 Å². The third-order valence-electron chi connectivity index (χ3n) is 3.78. The van der Waals surface area contributed by atoms with Crippen LogP contribution in [0.25, 0.3) is 10.9 Å². The SMILES string of the molecule is COc1ccc2[nH]cc(C(=O)C(=O)Nc3cccc(NC(C)=O)c3)c2c1. The first-order valence-corrected chi connectivity index (χ1v) is 7.86. The van der Waals surface area contributed by atoms with Gasteiger partial charge in [-0.2, -0.15) is 0 Å². The normalized spacial score (nSPS) is 10.4. The number of hydrogen-bond acceptors (Lipinski definition) is 4. The van der Waals surface area contributed by atoms with Crippen LogP contribution in [0.5, 0.6) is 5.75 Å². The highest BCUT2D eigenvalue weighted by atomic mass is 16.5. The van der Waals surface area contributed by atoms with Crippen LogP contribution in [0.4, 0.5) is 11.4 Å². The average molecular weight is 351 g/mol. The van der Waals surface area contributed by atoms with Crippen molar-refractivity contribution in [3.63, 3.8) is 0 Å². The van der Waals surface area contributed by atoms with Crippen molar-refractivity contribution in [2.24, 2.45) is 0 Å². The number of anilines is 2. The number of amides is 2. The van der Waals surface area contributed by atoms with Crippen molar-refractivity contribution in [3.8, 4) is 5.75 Å². The topological polar surface area (TPSA) is 100 Å². The Labute approximate surface area is 149 Å². The van der Waals surface area contributed by atoms with E-state index in [0.29, 0.717) is 22.5 Å². The van der Waals surface area contributed by atoms with Gasteiger partial charge in [-0.15, -0.1) is 0 Å². The van der Waals surface area contributed by atoms with Gasteiger partial charge in [0, 0.05) is 35.4 Å². The molecule has 0 bridgehead atoms. The molecule has 3 aromatic rings. The second-order valence-electron chi connectivity index (χ2n) is 5.66. The summed E-state index contributed by atoms with van der Waals surface area (Å²) in [5.74, 6) is -1.07. The molecule has 0 aliphatic carbocycles. The number of H-pyrrole nitrogens is 1. The van der Waals surface area contributed by atoms with Crippen LogP contribution in [-0.4, -0.2) is 29.7 Å². The summed E-state index contributed by atoms with van der Waals surface area (Å²) in [6, 6.07) is 11.8. The first kappa shape index (κ1) is 17.2. The Morgan fingerprint density at radius 3 is 2.42 bits per heavy atom. The molecular formula is C19H17N3O4. The van der Waals surface area contributed by atoms with E-state index in [4.69, 9.17) is 4.74 Å². The minimum absolute atomic E-state index is 0.225. The van der Waals surface area contributed by atoms with Crippen LogP contribution >= 0.6 is 0 Å². The van der Waals surface area contributed by atoms with Crippen LogP contribution in [0.3, 0.4) is 0 Å². The molecule has 2 amide bonds. The van der Waals surface area contributed by atoms with Gasteiger partial charge < -0.3 is 20.4 Å². The fourth-order valence-electron chi connectivity index (χ4n) is 2.60. The number of Topliss-reactive ketones (excluding diaryl/α,β-unsaturated/α-hetero) is 1. The number of carbonyl (C=O) groups excluding carboxylic acids is 3. The maximum absolute atomic E-state index is 12.5. The van der Waals surface area contributed by atoms with Crippen molar-refractivity contribution in [3.05, 3.63) is 54.2 Å². The zero-order valence-electron chi connectivity index (χ0n) is 14.3. The van der Waals surface area contributed by atoms with E-state index in [1.54, 1.807) is 42.5 Å². The smallest absolute Gasteiger partial charge is 0.296 e. The summed E-state index contributed by atoms with van der Waals surface area (Å²) >= 11 is 0. The summed E-state index contributed by atoms with van der Waals surface area (Å²) in [7, 11) is 1.53. The van der Waals surface area contributed by atoms with Crippen molar-refractivity contribution >= 4 is 39.9 Å². The van der Waals surface area contributed by atoms with Crippen LogP contribution < -0.4 is 15.4 Å². The van der Waals surface area contributed by atoms with E-state index in [1.165, 1.54) is 20.2 Å². The van der Waals surface area contributed by atoms with Gasteiger partial charge in [0.1, 0.15) is 5.75 Å². The Morgan fingerprint density at radius 1 is 1.00 bits per heavy atom. The molecule has 26 heavy (non-hydrogen) atoms. The molecule has 3 rings (SSSR count). The Bertz CT molecular complexity index is 1010. The molecule has 0 radical (unpaired) electrons. The van der Waals surface area contributed by atoms with Crippen molar-refractivity contribution < 1.29 is 19.1 Å². The van der Waals surface area contributed by atoms with Crippen molar-refractivity contribution in [2.75, 3.05) is 17.7 Å². The maximum atomic E-state index is 12.5. The molecule has 0 spiro atoms. The molecule has 0 saturated heterocycles. The lowest BCUT2D eigenvalue weighted by molar-refractivity contribution is -0.114. The summed E-state index contributed by atoms with van der Waals surface area (Å²) in [5, 5.41) is 5.78. The summed E-state index contributed by atoms with van der Waals surface area (Å²) in [6.07, 6.45) is 1.50. The molecule has 3 N–H and O–H groups in total. The number of carbonyl (C=O) groups is 3. The predicted octanol–water partition coefficient (Wildman–Crippen LogP) is 2.96. The third-order valence-corrected chi connectivity index (χ3v) is 3.78. The summed E-state index contributed by atoms with van der Waals surface area (Å²) < 4.78 is 5.17. The van der Waals surface area contributed by atoms with Gasteiger partial charge in [-0.05, 0) is 36.4 Å². The molecule has 0 aliphatic heterocycles. The van der Waals surface area contributed by atoms with Gasteiger partial charge in [0.05, 0.1) is 12.7 Å². The maximum Gasteiger partial charge on any atom is 0.296 e. The van der Waals surface area contributed by atoms with Gasteiger partial charge in [0.15, 0.2) is 0 Å². The Balaban J connectivity index is 1.82. The molecule has 0 saturated carbocycles. The molecule has 7 heteroatoms. The molecule has 132 valence electrons. The number of aromatic nitrogens is 1. The Morgan fingerprint density at radius 2 is 1.73 bits per heavy atom. The molecule has 0 atom stereocenters. The molecule has 1 aromatic heterocycles. The molecule has 0 unspecified atom stereocenters. The summed E-state index contributed by atoms with van der Waals surface area (Å²) in [6.45, 7) is 1.39. The molecule has 0 aliphatic rings. The minimum Gasteiger partial charge on any atom is -0.497 e. The number of hydrogen-bond donors (Lipinski definition) is 3. The number of rotatable bonds is 5. The first-order valence-electron chi connectivity index (χ1n) is 7.86. The third kappa shape index (κ3) is 3.56. The van der Waals surface area contributed by atoms with Gasteiger partial charge in [-0.3, -0.25) is 14.4 Å². The summed E-state index contributed by atoms with van der Waals surface area (Å²) in [5.41, 5.74) is 1.93. The highest BCUT2D eigenvalue weighted by Crippen LogP contribution is 2.24. The fourth-order valence-corrected chi connectivity index (χ4v) is 2.60. The number of methoxy groups -OCH3 is 1. The number of aromatic amines is 1. The predicted molar refractivity (Wildman–Crippen MR) is 98.6 cm³/mol. The van der Waals surface area contributed by atoms with Gasteiger partial charge in [-0.1, -0.05) is 6.07 Å². The quantitative estimate of drug-likeness (QED) is 0.486. The zero-order chi connectivity index (χ0) is 18.7. The lowest BCUT2D eigenvalue weighted by Gasteiger charge is -2.07. The monoisotopic (exact) mass is 351 g/mol. The molecular weight excluding hydrogens is 334 g/mol. The molecule has 0 fully saturated rings. The largest absolute Gasteiger partial charge is 0.497 e. The number of nitrogens with one attached hydrogen (secondary N) is 3. The number of benzene rings is 2. The lowest BCUT2D eigenvalue weighted by atomic mass is 10.1. The van der Waals surface area contributed by atoms with Gasteiger partial charge >= 0.3 is 0 Å². The van der Waals surface area contributed by atoms with Crippen molar-refractivity contribution in [2.45, 2.75) is 6.92 Å². The van der Waals surface area contributed by atoms with Crippen LogP contribution in [0, 0.1) is 0 Å². The van der Waals surface area contributed by atoms with Crippen LogP contribution in [0.15, 0.2) is 48.7 Å². The Hall–Kier alpha value is -3.61. The number of fused-ring (bicyclic) bond motifs is 1. The Kier molecular flexibility index (Phi) is 4.70.